The van der Waals surface area contributed by atoms with Crippen LogP contribution in [0.3, 0.4) is 0 Å². The van der Waals surface area contributed by atoms with Crippen LogP contribution in [0.15, 0.2) is 42.6 Å². The number of carboxylic acid groups (broad SMARTS) is 1. The molecule has 0 saturated heterocycles. The molecule has 2 rings (SSSR count). The van der Waals surface area contributed by atoms with Crippen LogP contribution in [0.4, 0.5) is 24.7 Å². The first kappa shape index (κ1) is 13.9. The van der Waals surface area contributed by atoms with Crippen LogP contribution in [0.1, 0.15) is 15.9 Å². The summed E-state index contributed by atoms with van der Waals surface area (Å²) in [6.07, 6.45) is -3.72. The van der Waals surface area contributed by atoms with Crippen LogP contribution < -0.4 is 5.32 Å². The molecule has 0 bridgehead atoms. The maximum Gasteiger partial charge on any atom is 0.417 e. The lowest BCUT2D eigenvalue weighted by Gasteiger charge is -2.09. The Morgan fingerprint density at radius 1 is 1.20 bits per heavy atom. The van der Waals surface area contributed by atoms with Crippen LogP contribution in [-0.4, -0.2) is 16.1 Å². The lowest BCUT2D eigenvalue weighted by atomic mass is 10.2. The van der Waals surface area contributed by atoms with Gasteiger partial charge in [-0.3, -0.25) is 0 Å². The molecule has 0 fully saturated rings. The molecule has 0 amide bonds. The highest BCUT2D eigenvalue weighted by molar-refractivity contribution is 5.89. The highest BCUT2D eigenvalue weighted by atomic mass is 19.4. The van der Waals surface area contributed by atoms with Gasteiger partial charge in [0.25, 0.3) is 0 Å². The number of hydrogen-bond acceptors (Lipinski definition) is 3. The molecule has 2 aromatic rings. The van der Waals surface area contributed by atoms with E-state index in [1.54, 1.807) is 6.07 Å². The van der Waals surface area contributed by atoms with Crippen LogP contribution in [0.25, 0.3) is 0 Å². The van der Waals surface area contributed by atoms with Crippen molar-refractivity contribution in [3.05, 3.63) is 53.7 Å². The number of alkyl halides is 3. The first-order valence-electron chi connectivity index (χ1n) is 5.50. The number of pyridine rings is 1. The largest absolute Gasteiger partial charge is 0.478 e. The van der Waals surface area contributed by atoms with Gasteiger partial charge in [-0.15, -0.1) is 0 Å². The highest BCUT2D eigenvalue weighted by Gasteiger charge is 2.30. The Morgan fingerprint density at radius 3 is 2.50 bits per heavy atom. The Morgan fingerprint density at radius 2 is 1.95 bits per heavy atom. The average Bonchev–Trinajstić information content (AvgIpc) is 2.38. The van der Waals surface area contributed by atoms with Crippen LogP contribution in [0.2, 0.25) is 0 Å². The molecule has 1 heterocycles. The zero-order chi connectivity index (χ0) is 14.8. The van der Waals surface area contributed by atoms with Crippen molar-refractivity contribution < 1.29 is 23.1 Å². The van der Waals surface area contributed by atoms with E-state index in [1.165, 1.54) is 24.3 Å². The molecule has 0 saturated carbocycles. The van der Waals surface area contributed by atoms with E-state index in [0.717, 1.165) is 6.07 Å². The highest BCUT2D eigenvalue weighted by Crippen LogP contribution is 2.29. The summed E-state index contributed by atoms with van der Waals surface area (Å²) >= 11 is 0. The number of nitrogens with one attached hydrogen (secondary N) is 1. The topological polar surface area (TPSA) is 62.2 Å². The van der Waals surface area contributed by atoms with Gasteiger partial charge in [0.05, 0.1) is 11.1 Å². The number of hydrogen-bond donors (Lipinski definition) is 2. The minimum absolute atomic E-state index is 0.0712. The summed E-state index contributed by atoms with van der Waals surface area (Å²) in [5, 5.41) is 11.6. The zero-order valence-corrected chi connectivity index (χ0v) is 9.98. The summed E-state index contributed by atoms with van der Waals surface area (Å²) in [6, 6.07) is 7.96. The number of halogens is 3. The molecule has 0 aliphatic carbocycles. The Hall–Kier alpha value is -2.57. The number of carboxylic acids is 1. The van der Waals surface area contributed by atoms with E-state index < -0.39 is 17.7 Å². The van der Waals surface area contributed by atoms with Gasteiger partial charge in [0.15, 0.2) is 0 Å². The van der Waals surface area contributed by atoms with Gasteiger partial charge in [0, 0.05) is 11.9 Å². The van der Waals surface area contributed by atoms with Gasteiger partial charge in [-0.2, -0.15) is 13.2 Å². The number of anilines is 2. The molecule has 1 aromatic carbocycles. The Bertz CT molecular complexity index is 624. The summed E-state index contributed by atoms with van der Waals surface area (Å²) in [7, 11) is 0. The van der Waals surface area contributed by atoms with E-state index in [4.69, 9.17) is 5.11 Å². The fraction of sp³-hybridized carbons (Fsp3) is 0.0769. The number of carbonyl (C=O) groups is 1. The lowest BCUT2D eigenvalue weighted by molar-refractivity contribution is -0.137. The molecule has 0 unspecified atom stereocenters. The average molecular weight is 282 g/mol. The number of aromatic nitrogens is 1. The van der Waals surface area contributed by atoms with Crippen molar-refractivity contribution in [1.82, 2.24) is 4.98 Å². The molecule has 20 heavy (non-hydrogen) atoms. The lowest BCUT2D eigenvalue weighted by Crippen LogP contribution is -2.06. The second-order valence-electron chi connectivity index (χ2n) is 3.94. The maximum atomic E-state index is 12.4. The molecule has 4 nitrogen and oxygen atoms in total. The van der Waals surface area contributed by atoms with Gasteiger partial charge < -0.3 is 10.4 Å². The van der Waals surface area contributed by atoms with Crippen LogP contribution in [-0.2, 0) is 6.18 Å². The summed E-state index contributed by atoms with van der Waals surface area (Å²) in [5.74, 6) is -0.894. The predicted octanol–water partition coefficient (Wildman–Crippen LogP) is 3.54. The zero-order valence-electron chi connectivity index (χ0n) is 9.98. The third kappa shape index (κ3) is 3.25. The van der Waals surface area contributed by atoms with E-state index in [2.05, 4.69) is 10.3 Å². The van der Waals surface area contributed by atoms with E-state index >= 15 is 0 Å². The van der Waals surface area contributed by atoms with Gasteiger partial charge in [-0.05, 0) is 30.3 Å². The van der Waals surface area contributed by atoms with Gasteiger partial charge >= 0.3 is 12.1 Å². The molecule has 0 radical (unpaired) electrons. The molecule has 0 atom stereocenters. The van der Waals surface area contributed by atoms with Gasteiger partial charge in [0.2, 0.25) is 0 Å². The van der Waals surface area contributed by atoms with Crippen molar-refractivity contribution in [2.45, 2.75) is 6.18 Å². The molecule has 104 valence electrons. The fourth-order valence-electron chi connectivity index (χ4n) is 1.51. The van der Waals surface area contributed by atoms with Gasteiger partial charge in [-0.1, -0.05) is 6.07 Å². The first-order chi connectivity index (χ1) is 9.36. The Balaban J connectivity index is 2.18. The van der Waals surface area contributed by atoms with Crippen LogP contribution in [0, 0.1) is 0 Å². The maximum absolute atomic E-state index is 12.4. The van der Waals surface area contributed by atoms with Crippen molar-refractivity contribution >= 4 is 17.5 Å². The summed E-state index contributed by atoms with van der Waals surface area (Å²) in [5.41, 5.74) is -0.346. The number of aromatic carboxylic acids is 1. The molecule has 2 N–H and O–H groups in total. The van der Waals surface area contributed by atoms with E-state index in [0.29, 0.717) is 11.9 Å². The van der Waals surface area contributed by atoms with Crippen molar-refractivity contribution in [2.24, 2.45) is 0 Å². The Kier molecular flexibility index (Phi) is 3.60. The molecule has 1 aromatic heterocycles. The van der Waals surface area contributed by atoms with E-state index in [-0.39, 0.29) is 11.4 Å². The first-order valence-corrected chi connectivity index (χ1v) is 5.50. The van der Waals surface area contributed by atoms with Crippen molar-refractivity contribution in [2.75, 3.05) is 5.32 Å². The van der Waals surface area contributed by atoms with Crippen molar-refractivity contribution in [3.63, 3.8) is 0 Å². The molecular formula is C13H9F3N2O2. The minimum Gasteiger partial charge on any atom is -0.478 e. The normalized spacial score (nSPS) is 11.2. The summed E-state index contributed by atoms with van der Waals surface area (Å²) < 4.78 is 37.1. The van der Waals surface area contributed by atoms with Crippen LogP contribution >= 0.6 is 0 Å². The van der Waals surface area contributed by atoms with Crippen molar-refractivity contribution in [3.8, 4) is 0 Å². The number of benzene rings is 1. The standard InChI is InChI=1S/C13H9F3N2O2/c14-13(15,16)9-4-5-11(17-7-9)18-10-3-1-2-8(6-10)12(19)20/h1-7H,(H,17,18)(H,19,20). The van der Waals surface area contributed by atoms with Gasteiger partial charge in [0.1, 0.15) is 5.82 Å². The second kappa shape index (κ2) is 5.20. The molecule has 0 aliphatic rings. The SMILES string of the molecule is O=C(O)c1cccc(Nc2ccc(C(F)(F)F)cn2)c1. The minimum atomic E-state index is -4.44. The smallest absolute Gasteiger partial charge is 0.417 e. The molecule has 0 aliphatic heterocycles. The quantitative estimate of drug-likeness (QED) is 0.903. The molecule has 0 spiro atoms. The fourth-order valence-corrected chi connectivity index (χ4v) is 1.51. The summed E-state index contributed by atoms with van der Waals surface area (Å²) in [4.78, 5) is 14.4. The second-order valence-corrected chi connectivity index (χ2v) is 3.94. The third-order valence-electron chi connectivity index (χ3n) is 2.47. The number of nitrogens with zero attached hydrogens (tertiary/aromatic N) is 1. The Labute approximate surface area is 111 Å². The molecule has 7 heteroatoms. The molecular weight excluding hydrogens is 273 g/mol. The number of rotatable bonds is 3. The van der Waals surface area contributed by atoms with E-state index in [1.807, 2.05) is 0 Å². The van der Waals surface area contributed by atoms with Gasteiger partial charge in [-0.25, -0.2) is 9.78 Å². The van der Waals surface area contributed by atoms with E-state index in [9.17, 15) is 18.0 Å². The third-order valence-corrected chi connectivity index (χ3v) is 2.47. The van der Waals surface area contributed by atoms with Crippen molar-refractivity contribution in [1.29, 1.82) is 0 Å². The summed E-state index contributed by atoms with van der Waals surface area (Å²) in [6.45, 7) is 0. The van der Waals surface area contributed by atoms with Crippen LogP contribution in [0.5, 0.6) is 0 Å². The predicted molar refractivity (Wildman–Crippen MR) is 65.9 cm³/mol. The monoisotopic (exact) mass is 282 g/mol.